The quantitative estimate of drug-likeness (QED) is 0.752. The van der Waals surface area contributed by atoms with Crippen molar-refractivity contribution >= 4 is 29.1 Å². The number of nitrogens with one attached hydrogen (secondary N) is 2. The number of benzene rings is 1. The summed E-state index contributed by atoms with van der Waals surface area (Å²) in [6.07, 6.45) is 0.793. The Labute approximate surface area is 164 Å². The Hall–Kier alpha value is -2.44. The molecule has 6 nitrogen and oxygen atoms in total. The van der Waals surface area contributed by atoms with E-state index in [1.165, 1.54) is 0 Å². The molecule has 0 spiro atoms. The van der Waals surface area contributed by atoms with Crippen molar-refractivity contribution in [2.24, 2.45) is 0 Å². The van der Waals surface area contributed by atoms with Crippen molar-refractivity contribution in [2.45, 2.75) is 33.8 Å². The van der Waals surface area contributed by atoms with E-state index in [0.29, 0.717) is 28.5 Å². The second-order valence-corrected chi connectivity index (χ2v) is 6.62. The molecule has 0 atom stereocenters. The van der Waals surface area contributed by atoms with Gasteiger partial charge in [-0.15, -0.1) is 0 Å². The summed E-state index contributed by atoms with van der Waals surface area (Å²) in [6.45, 7) is 6.37. The van der Waals surface area contributed by atoms with Crippen molar-refractivity contribution in [2.75, 3.05) is 19.0 Å². The number of halogens is 1. The lowest BCUT2D eigenvalue weighted by atomic mass is 10.1. The number of methoxy groups -OCH3 is 1. The van der Waals surface area contributed by atoms with E-state index in [0.717, 1.165) is 12.0 Å². The van der Waals surface area contributed by atoms with Crippen LogP contribution in [0.4, 0.5) is 5.69 Å². The zero-order chi connectivity index (χ0) is 20.0. The molecule has 0 aliphatic rings. The lowest BCUT2D eigenvalue weighted by Gasteiger charge is -2.16. The van der Waals surface area contributed by atoms with Crippen LogP contribution in [-0.4, -0.2) is 30.5 Å². The second kappa shape index (κ2) is 9.48. The Morgan fingerprint density at radius 1 is 1.15 bits per heavy atom. The molecule has 2 rings (SSSR count). The van der Waals surface area contributed by atoms with Crippen LogP contribution in [0.1, 0.15) is 51.0 Å². The van der Waals surface area contributed by atoms with Gasteiger partial charge in [-0.3, -0.25) is 9.59 Å². The highest BCUT2D eigenvalue weighted by Gasteiger charge is 2.21. The van der Waals surface area contributed by atoms with Gasteiger partial charge in [0, 0.05) is 29.9 Å². The minimum absolute atomic E-state index is 0.105. The van der Waals surface area contributed by atoms with Crippen LogP contribution in [0.5, 0.6) is 0 Å². The molecule has 0 aliphatic carbocycles. The van der Waals surface area contributed by atoms with Crippen LogP contribution in [0.3, 0.4) is 0 Å². The van der Waals surface area contributed by atoms with E-state index in [-0.39, 0.29) is 23.8 Å². The van der Waals surface area contributed by atoms with Gasteiger partial charge in [0.1, 0.15) is 5.69 Å². The van der Waals surface area contributed by atoms with Crippen molar-refractivity contribution in [3.05, 3.63) is 57.4 Å². The van der Waals surface area contributed by atoms with Crippen molar-refractivity contribution in [3.8, 4) is 0 Å². The molecule has 27 heavy (non-hydrogen) atoms. The number of rotatable bonds is 7. The molecule has 0 saturated heterocycles. The van der Waals surface area contributed by atoms with Crippen LogP contribution >= 0.6 is 11.6 Å². The van der Waals surface area contributed by atoms with Gasteiger partial charge in [-0.25, -0.2) is 4.98 Å². The van der Waals surface area contributed by atoms with E-state index in [1.807, 2.05) is 19.9 Å². The smallest absolute Gasteiger partial charge is 0.270 e. The molecule has 1 heterocycles. The SMILES string of the molecule is CCCNC(=O)c1nc(C)ccc1C(=O)Nc1c(C)ccc(Cl)c1COC. The fraction of sp³-hybridized carbons (Fsp3) is 0.350. The number of nitrogens with zero attached hydrogens (tertiary/aromatic N) is 1. The first-order valence-electron chi connectivity index (χ1n) is 8.73. The number of carbonyl (C=O) groups excluding carboxylic acids is 2. The summed E-state index contributed by atoms with van der Waals surface area (Å²) in [5.74, 6) is -0.794. The summed E-state index contributed by atoms with van der Waals surface area (Å²) in [7, 11) is 1.56. The molecule has 144 valence electrons. The third-order valence-corrected chi connectivity index (χ3v) is 4.38. The summed E-state index contributed by atoms with van der Waals surface area (Å²) in [5.41, 5.74) is 3.08. The predicted octanol–water partition coefficient (Wildman–Crippen LogP) is 3.89. The molecule has 0 radical (unpaired) electrons. The van der Waals surface area contributed by atoms with E-state index in [9.17, 15) is 9.59 Å². The van der Waals surface area contributed by atoms with Crippen LogP contribution in [0.2, 0.25) is 5.02 Å². The van der Waals surface area contributed by atoms with Gasteiger partial charge in [0.05, 0.1) is 17.9 Å². The number of aryl methyl sites for hydroxylation is 2. The number of anilines is 1. The van der Waals surface area contributed by atoms with E-state index in [1.54, 1.807) is 32.2 Å². The van der Waals surface area contributed by atoms with Gasteiger partial charge in [-0.2, -0.15) is 0 Å². The average molecular weight is 390 g/mol. The van der Waals surface area contributed by atoms with Crippen LogP contribution in [0.25, 0.3) is 0 Å². The zero-order valence-electron chi connectivity index (χ0n) is 16.0. The number of hydrogen-bond acceptors (Lipinski definition) is 4. The zero-order valence-corrected chi connectivity index (χ0v) is 16.7. The summed E-state index contributed by atoms with van der Waals surface area (Å²) < 4.78 is 5.20. The minimum Gasteiger partial charge on any atom is -0.380 e. The lowest BCUT2D eigenvalue weighted by Crippen LogP contribution is -2.28. The Balaban J connectivity index is 2.40. The largest absolute Gasteiger partial charge is 0.380 e. The first-order valence-corrected chi connectivity index (χ1v) is 9.10. The van der Waals surface area contributed by atoms with Gasteiger partial charge < -0.3 is 15.4 Å². The third-order valence-electron chi connectivity index (χ3n) is 4.02. The lowest BCUT2D eigenvalue weighted by molar-refractivity contribution is 0.0935. The summed E-state index contributed by atoms with van der Waals surface area (Å²) in [4.78, 5) is 29.6. The fourth-order valence-corrected chi connectivity index (χ4v) is 2.83. The highest BCUT2D eigenvalue weighted by molar-refractivity contribution is 6.32. The van der Waals surface area contributed by atoms with Gasteiger partial charge in [-0.05, 0) is 44.0 Å². The van der Waals surface area contributed by atoms with Gasteiger partial charge in [-0.1, -0.05) is 24.6 Å². The van der Waals surface area contributed by atoms with Crippen molar-refractivity contribution in [1.82, 2.24) is 10.3 Å². The van der Waals surface area contributed by atoms with Crippen LogP contribution in [0, 0.1) is 13.8 Å². The minimum atomic E-state index is -0.424. The van der Waals surface area contributed by atoms with Crippen LogP contribution in [-0.2, 0) is 11.3 Å². The Morgan fingerprint density at radius 3 is 2.56 bits per heavy atom. The molecule has 2 N–H and O–H groups in total. The predicted molar refractivity (Wildman–Crippen MR) is 106 cm³/mol. The highest BCUT2D eigenvalue weighted by Crippen LogP contribution is 2.29. The Bertz CT molecular complexity index is 853. The highest BCUT2D eigenvalue weighted by atomic mass is 35.5. The van der Waals surface area contributed by atoms with E-state index in [2.05, 4.69) is 15.6 Å². The fourth-order valence-electron chi connectivity index (χ4n) is 2.62. The Morgan fingerprint density at radius 2 is 1.89 bits per heavy atom. The van der Waals surface area contributed by atoms with Crippen molar-refractivity contribution < 1.29 is 14.3 Å². The molecule has 0 fully saturated rings. The second-order valence-electron chi connectivity index (χ2n) is 6.21. The van der Waals surface area contributed by atoms with Gasteiger partial charge in [0.15, 0.2) is 0 Å². The van der Waals surface area contributed by atoms with Gasteiger partial charge in [0.2, 0.25) is 0 Å². The van der Waals surface area contributed by atoms with E-state index >= 15 is 0 Å². The maximum atomic E-state index is 12.9. The molecule has 0 aliphatic heterocycles. The van der Waals surface area contributed by atoms with Gasteiger partial charge in [0.25, 0.3) is 11.8 Å². The van der Waals surface area contributed by atoms with Gasteiger partial charge >= 0.3 is 0 Å². The first-order chi connectivity index (χ1) is 12.9. The molecule has 2 aromatic rings. The van der Waals surface area contributed by atoms with E-state index in [4.69, 9.17) is 16.3 Å². The number of aromatic nitrogens is 1. The maximum Gasteiger partial charge on any atom is 0.270 e. The van der Waals surface area contributed by atoms with Crippen LogP contribution in [0.15, 0.2) is 24.3 Å². The third kappa shape index (κ3) is 5.05. The molecule has 0 bridgehead atoms. The maximum absolute atomic E-state index is 12.9. The average Bonchev–Trinajstić information content (AvgIpc) is 2.65. The number of ether oxygens (including phenoxy) is 1. The molecular formula is C20H24ClN3O3. The topological polar surface area (TPSA) is 80.3 Å². The summed E-state index contributed by atoms with van der Waals surface area (Å²) >= 11 is 6.26. The molecule has 1 aromatic carbocycles. The number of pyridine rings is 1. The normalized spacial score (nSPS) is 10.6. The molecule has 0 saturated carbocycles. The Kier molecular flexibility index (Phi) is 7.33. The monoisotopic (exact) mass is 389 g/mol. The molecular weight excluding hydrogens is 366 g/mol. The van der Waals surface area contributed by atoms with E-state index < -0.39 is 5.91 Å². The summed E-state index contributed by atoms with van der Waals surface area (Å²) in [5, 5.41) is 6.13. The molecule has 7 heteroatoms. The van der Waals surface area contributed by atoms with Crippen LogP contribution < -0.4 is 10.6 Å². The molecule has 0 unspecified atom stereocenters. The van der Waals surface area contributed by atoms with Crippen molar-refractivity contribution in [3.63, 3.8) is 0 Å². The van der Waals surface area contributed by atoms with Crippen molar-refractivity contribution in [1.29, 1.82) is 0 Å². The standard InChI is InChI=1S/C20H24ClN3O3/c1-5-10-22-20(26)18-14(8-7-13(3)23-18)19(25)24-17-12(2)6-9-16(21)15(17)11-27-4/h6-9H,5,10-11H2,1-4H3,(H,22,26)(H,24,25). The number of amides is 2. The molecule has 1 aromatic heterocycles. The summed E-state index contributed by atoms with van der Waals surface area (Å²) in [6, 6.07) is 6.89. The first kappa shape index (κ1) is 20.9. The molecule has 2 amide bonds. The number of hydrogen-bond donors (Lipinski definition) is 2. The number of carbonyl (C=O) groups is 2.